The Balaban J connectivity index is 1.28. The van der Waals surface area contributed by atoms with E-state index < -0.39 is 34.2 Å². The first kappa shape index (κ1) is 26.2. The zero-order chi connectivity index (χ0) is 24.2. The molecule has 0 aromatic heterocycles. The Morgan fingerprint density at radius 3 is 1.44 bits per heavy atom. The zero-order valence-corrected chi connectivity index (χ0v) is 26.4. The molecule has 3 aliphatic heterocycles. The van der Waals surface area contributed by atoms with Crippen molar-refractivity contribution in [3.05, 3.63) is 0 Å². The van der Waals surface area contributed by atoms with Gasteiger partial charge in [-0.3, -0.25) is 0 Å². The van der Waals surface area contributed by atoms with Crippen LogP contribution >= 0.6 is 0 Å². The van der Waals surface area contributed by atoms with Crippen LogP contribution in [0, 0.1) is 11.8 Å². The van der Waals surface area contributed by atoms with E-state index in [1.807, 2.05) is 0 Å². The highest BCUT2D eigenvalue weighted by atomic mass is 28.5. The van der Waals surface area contributed by atoms with Crippen molar-refractivity contribution < 1.29 is 25.9 Å². The molecule has 196 valence electrons. The van der Waals surface area contributed by atoms with Gasteiger partial charge >= 0.3 is 34.2 Å². The van der Waals surface area contributed by atoms with Crippen molar-refractivity contribution in [3.63, 3.8) is 0 Å². The Labute approximate surface area is 211 Å². The van der Waals surface area contributed by atoms with E-state index in [4.69, 9.17) is 25.9 Å². The minimum Gasteiger partial charge on any atom is -0.416 e. The highest BCUT2D eigenvalue weighted by molar-refractivity contribution is 6.93. The summed E-state index contributed by atoms with van der Waals surface area (Å²) < 4.78 is 39.9. The lowest BCUT2D eigenvalue weighted by molar-refractivity contribution is 0.220. The van der Waals surface area contributed by atoms with Crippen LogP contribution in [-0.4, -0.2) is 58.7 Å². The molecule has 2 aliphatic carbocycles. The Kier molecular flexibility index (Phi) is 7.52. The highest BCUT2D eigenvalue weighted by Gasteiger charge is 2.56. The van der Waals surface area contributed by atoms with Gasteiger partial charge in [0.05, 0.1) is 24.4 Å². The lowest BCUT2D eigenvalue weighted by Crippen LogP contribution is -2.66. The maximum absolute atomic E-state index is 7.26. The first-order chi connectivity index (χ1) is 16.0. The quantitative estimate of drug-likeness (QED) is 0.264. The zero-order valence-electron chi connectivity index (χ0n) is 22.4. The van der Waals surface area contributed by atoms with Gasteiger partial charge in [-0.05, 0) is 114 Å². The van der Waals surface area contributed by atoms with Gasteiger partial charge in [-0.2, -0.15) is 0 Å². The van der Waals surface area contributed by atoms with Crippen LogP contribution in [0.2, 0.25) is 50.9 Å². The Hall–Kier alpha value is 0.628. The topological polar surface area (TPSA) is 62.0 Å². The fraction of sp³-hybridized carbons (Fsp3) is 1.00. The van der Waals surface area contributed by atoms with Crippen molar-refractivity contribution in [1.29, 1.82) is 0 Å². The summed E-state index contributed by atoms with van der Waals surface area (Å²) in [5, 5.41) is 0. The smallest absolute Gasteiger partial charge is 0.317 e. The maximum Gasteiger partial charge on any atom is 0.317 e. The third-order valence-corrected chi connectivity index (χ3v) is 26.8. The number of ether oxygens (including phenoxy) is 2. The second-order valence-electron chi connectivity index (χ2n) is 12.8. The van der Waals surface area contributed by atoms with Gasteiger partial charge in [-0.1, -0.05) is 13.3 Å². The predicted molar refractivity (Wildman–Crippen MR) is 143 cm³/mol. The van der Waals surface area contributed by atoms with Gasteiger partial charge in [-0.15, -0.1) is 0 Å². The van der Waals surface area contributed by atoms with Crippen LogP contribution in [0.3, 0.4) is 0 Å². The normalized spacial score (nSPS) is 49.9. The molecule has 0 amide bonds. The lowest BCUT2D eigenvalue weighted by atomic mass is 9.88. The van der Waals surface area contributed by atoms with Gasteiger partial charge in [-0.25, -0.2) is 0 Å². The molecule has 6 nitrogen and oxygen atoms in total. The van der Waals surface area contributed by atoms with Crippen molar-refractivity contribution in [2.45, 2.75) is 140 Å². The van der Waals surface area contributed by atoms with E-state index in [2.05, 4.69) is 39.7 Å². The average molecular weight is 545 g/mol. The van der Waals surface area contributed by atoms with Crippen LogP contribution in [0.4, 0.5) is 0 Å². The first-order valence-corrected chi connectivity index (χ1v) is 24.5. The van der Waals surface area contributed by atoms with Crippen LogP contribution in [-0.2, 0) is 25.9 Å². The predicted octanol–water partition coefficient (Wildman–Crippen LogP) is 6.31. The molecule has 10 heteroatoms. The molecule has 5 rings (SSSR count). The summed E-state index contributed by atoms with van der Waals surface area (Å²) in [6.07, 6.45) is 13.2. The molecule has 34 heavy (non-hydrogen) atoms. The average Bonchev–Trinajstić information content (AvgIpc) is 3.62. The third-order valence-electron chi connectivity index (χ3n) is 8.73. The SMILES string of the molecule is CCC[Si]1(C)O[Si](C)(C)O[Si](C)(CCC2CCC3OC3C2)O[Si](C)(CCC2CCC3OC3C2)O1. The van der Waals surface area contributed by atoms with E-state index in [1.54, 1.807) is 0 Å². The standard InChI is InChI=1S/C24H48O6Si4/c1-7-14-32(4)27-31(2,3)28-33(5,15-12-19-8-10-21-23(17-19)25-21)30-34(6,29-32)16-13-20-9-11-22-24(18-20)26-22/h19-24H,7-18H2,1-6H3. The molecule has 0 N–H and O–H groups in total. The van der Waals surface area contributed by atoms with Crippen LogP contribution in [0.25, 0.3) is 0 Å². The van der Waals surface area contributed by atoms with E-state index in [1.165, 1.54) is 51.4 Å². The number of hydrogen-bond acceptors (Lipinski definition) is 6. The summed E-state index contributed by atoms with van der Waals surface area (Å²) >= 11 is 0. The summed E-state index contributed by atoms with van der Waals surface area (Å²) in [5.41, 5.74) is 0. The van der Waals surface area contributed by atoms with E-state index in [-0.39, 0.29) is 0 Å². The summed E-state index contributed by atoms with van der Waals surface area (Å²) in [6.45, 7) is 13.6. The molecule has 2 saturated carbocycles. The molecule has 5 fully saturated rings. The third kappa shape index (κ3) is 6.54. The Morgan fingerprint density at radius 2 is 1.00 bits per heavy atom. The Bertz CT molecular complexity index is 744. The van der Waals surface area contributed by atoms with Crippen LogP contribution in [0.15, 0.2) is 0 Å². The van der Waals surface area contributed by atoms with E-state index in [0.29, 0.717) is 24.4 Å². The van der Waals surface area contributed by atoms with Crippen LogP contribution in [0.1, 0.15) is 64.7 Å². The summed E-state index contributed by atoms with van der Waals surface area (Å²) in [5.74, 6) is 1.50. The number of rotatable bonds is 8. The largest absolute Gasteiger partial charge is 0.416 e. The molecule has 0 aromatic carbocycles. The van der Waals surface area contributed by atoms with Crippen molar-refractivity contribution in [3.8, 4) is 0 Å². The van der Waals surface area contributed by atoms with Crippen molar-refractivity contribution >= 4 is 34.2 Å². The van der Waals surface area contributed by atoms with Crippen molar-refractivity contribution in [2.24, 2.45) is 11.8 Å². The summed E-state index contributed by atoms with van der Waals surface area (Å²) in [4.78, 5) is 0. The van der Waals surface area contributed by atoms with Crippen molar-refractivity contribution in [1.82, 2.24) is 0 Å². The molecule has 9 unspecified atom stereocenters. The fourth-order valence-corrected chi connectivity index (χ4v) is 30.2. The molecule has 5 aliphatic rings. The minimum absolute atomic E-state index is 0.538. The first-order valence-electron chi connectivity index (χ1n) is 14.1. The second kappa shape index (κ2) is 9.74. The van der Waals surface area contributed by atoms with Gasteiger partial charge in [0.25, 0.3) is 0 Å². The molecule has 0 bridgehead atoms. The van der Waals surface area contributed by atoms with Crippen molar-refractivity contribution in [2.75, 3.05) is 0 Å². The molecule has 0 aromatic rings. The minimum atomic E-state index is -2.44. The molecule has 9 atom stereocenters. The number of hydrogen-bond donors (Lipinski definition) is 0. The summed E-state index contributed by atoms with van der Waals surface area (Å²) in [7, 11) is -9.56. The van der Waals surface area contributed by atoms with Gasteiger partial charge in [0.15, 0.2) is 0 Å². The van der Waals surface area contributed by atoms with E-state index in [0.717, 1.165) is 36.4 Å². The van der Waals surface area contributed by atoms with Crippen LogP contribution in [0.5, 0.6) is 0 Å². The molecule has 0 radical (unpaired) electrons. The lowest BCUT2D eigenvalue weighted by Gasteiger charge is -2.50. The molecular formula is C24H48O6Si4. The molecule has 3 heterocycles. The number of epoxide rings is 2. The van der Waals surface area contributed by atoms with Gasteiger partial charge in [0.2, 0.25) is 0 Å². The fourth-order valence-electron chi connectivity index (χ4n) is 7.23. The summed E-state index contributed by atoms with van der Waals surface area (Å²) in [6, 6.07) is 3.12. The molecular weight excluding hydrogens is 497 g/mol. The maximum atomic E-state index is 7.26. The van der Waals surface area contributed by atoms with Gasteiger partial charge in [0.1, 0.15) is 0 Å². The highest BCUT2D eigenvalue weighted by Crippen LogP contribution is 2.45. The van der Waals surface area contributed by atoms with E-state index >= 15 is 0 Å². The number of fused-ring (bicyclic) bond motifs is 2. The molecule has 3 saturated heterocycles. The second-order valence-corrected chi connectivity index (χ2v) is 27.2. The van der Waals surface area contributed by atoms with Crippen LogP contribution < -0.4 is 0 Å². The van der Waals surface area contributed by atoms with E-state index in [9.17, 15) is 0 Å². The monoisotopic (exact) mass is 544 g/mol. The van der Waals surface area contributed by atoms with Gasteiger partial charge < -0.3 is 25.9 Å². The molecule has 0 spiro atoms. The van der Waals surface area contributed by atoms with Gasteiger partial charge in [0, 0.05) is 0 Å². The Morgan fingerprint density at radius 1 is 0.559 bits per heavy atom.